The molecule has 1 aliphatic rings. The molecule has 0 aromatic carbocycles. The maximum absolute atomic E-state index is 10.1. The molecule has 1 fully saturated rings. The molecule has 1 atom stereocenters. The fraction of sp³-hybridized carbons (Fsp3) is 0.917. The van der Waals surface area contributed by atoms with Gasteiger partial charge in [0.2, 0.25) is 5.16 Å². The third kappa shape index (κ3) is 4.74. The molecule has 108 valence electrons. The van der Waals surface area contributed by atoms with Crippen molar-refractivity contribution in [1.29, 1.82) is 0 Å². The van der Waals surface area contributed by atoms with Crippen LogP contribution >= 0.6 is 11.8 Å². The second-order valence-corrected chi connectivity index (χ2v) is 6.13. The van der Waals surface area contributed by atoms with Crippen LogP contribution in [0.15, 0.2) is 5.16 Å². The number of thioether (sulfide) groups is 1. The number of nitrogens with one attached hydrogen (secondary N) is 1. The molecule has 1 saturated carbocycles. The van der Waals surface area contributed by atoms with Crippen LogP contribution in [0.2, 0.25) is 0 Å². The lowest BCUT2D eigenvalue weighted by molar-refractivity contribution is 0.165. The summed E-state index contributed by atoms with van der Waals surface area (Å²) >= 11 is 1.54. The van der Waals surface area contributed by atoms with Crippen molar-refractivity contribution in [1.82, 2.24) is 25.5 Å². The smallest absolute Gasteiger partial charge is 0.209 e. The molecule has 0 bridgehead atoms. The Labute approximate surface area is 118 Å². The normalized spacial score (nSPS) is 18.0. The van der Waals surface area contributed by atoms with Gasteiger partial charge in [0.1, 0.15) is 0 Å². The topological polar surface area (TPSA) is 75.9 Å². The summed E-state index contributed by atoms with van der Waals surface area (Å²) in [7, 11) is 1.91. The molecule has 0 amide bonds. The average Bonchev–Trinajstić information content (AvgIpc) is 3.05. The molecule has 6 nitrogen and oxygen atoms in total. The van der Waals surface area contributed by atoms with Gasteiger partial charge in [-0.15, -0.1) is 5.10 Å². The first kappa shape index (κ1) is 14.7. The van der Waals surface area contributed by atoms with E-state index < -0.39 is 0 Å². The molecule has 2 N–H and O–H groups in total. The first-order valence-electron chi connectivity index (χ1n) is 7.01. The average molecular weight is 285 g/mol. The van der Waals surface area contributed by atoms with E-state index in [9.17, 15) is 5.11 Å². The Morgan fingerprint density at radius 3 is 3.00 bits per heavy atom. The van der Waals surface area contributed by atoms with E-state index in [0.29, 0.717) is 5.75 Å². The van der Waals surface area contributed by atoms with E-state index in [1.165, 1.54) is 25.7 Å². The number of aliphatic hydroxyl groups excluding tert-OH is 1. The highest BCUT2D eigenvalue weighted by molar-refractivity contribution is 7.99. The van der Waals surface area contributed by atoms with Gasteiger partial charge in [-0.25, -0.2) is 4.68 Å². The van der Waals surface area contributed by atoms with E-state index in [0.717, 1.165) is 30.6 Å². The van der Waals surface area contributed by atoms with Crippen LogP contribution in [0.1, 0.15) is 32.1 Å². The Bertz CT molecular complexity index is 367. The summed E-state index contributed by atoms with van der Waals surface area (Å²) in [6.07, 6.45) is 5.89. The number of tetrazole rings is 1. The van der Waals surface area contributed by atoms with Gasteiger partial charge in [0, 0.05) is 12.3 Å². The predicted octanol–water partition coefficient (Wildman–Crippen LogP) is 0.926. The highest BCUT2D eigenvalue weighted by Gasteiger charge is 2.19. The third-order valence-corrected chi connectivity index (χ3v) is 4.66. The fourth-order valence-electron chi connectivity index (χ4n) is 2.53. The van der Waals surface area contributed by atoms with Gasteiger partial charge >= 0.3 is 0 Å². The summed E-state index contributed by atoms with van der Waals surface area (Å²) in [5.74, 6) is 1.40. The van der Waals surface area contributed by atoms with Crippen molar-refractivity contribution in [2.75, 3.05) is 19.3 Å². The van der Waals surface area contributed by atoms with Crippen LogP contribution in [0.4, 0.5) is 0 Å². The molecular formula is C12H23N5OS. The van der Waals surface area contributed by atoms with Crippen molar-refractivity contribution in [3.05, 3.63) is 0 Å². The Hall–Kier alpha value is -0.660. The largest absolute Gasteiger partial charge is 0.392 e. The van der Waals surface area contributed by atoms with Gasteiger partial charge in [0.05, 0.1) is 12.6 Å². The SMILES string of the molecule is CNCCn1nnnc1SCC(O)CC1CCCC1. The number of likely N-dealkylation sites (N-methyl/N-ethyl adjacent to an activating group) is 1. The first-order valence-corrected chi connectivity index (χ1v) is 7.99. The summed E-state index contributed by atoms with van der Waals surface area (Å²) in [6.45, 7) is 1.59. The number of rotatable bonds is 8. The van der Waals surface area contributed by atoms with Crippen molar-refractivity contribution in [2.45, 2.75) is 49.9 Å². The molecule has 0 spiro atoms. The molecule has 0 radical (unpaired) electrons. The number of aromatic nitrogens is 4. The zero-order valence-corrected chi connectivity index (χ0v) is 12.3. The molecule has 1 aromatic rings. The minimum absolute atomic E-state index is 0.248. The molecule has 0 saturated heterocycles. The minimum atomic E-state index is -0.248. The van der Waals surface area contributed by atoms with Gasteiger partial charge < -0.3 is 10.4 Å². The van der Waals surface area contributed by atoms with Crippen molar-refractivity contribution in [3.63, 3.8) is 0 Å². The Morgan fingerprint density at radius 2 is 2.26 bits per heavy atom. The third-order valence-electron chi connectivity index (χ3n) is 3.56. The Balaban J connectivity index is 1.73. The molecule has 2 rings (SSSR count). The minimum Gasteiger partial charge on any atom is -0.392 e. The molecule has 7 heteroatoms. The first-order chi connectivity index (χ1) is 9.29. The molecule has 1 heterocycles. The summed E-state index contributed by atoms with van der Waals surface area (Å²) in [4.78, 5) is 0. The van der Waals surface area contributed by atoms with Crippen LogP contribution < -0.4 is 5.32 Å². The highest BCUT2D eigenvalue weighted by Crippen LogP contribution is 2.29. The maximum Gasteiger partial charge on any atom is 0.209 e. The molecule has 1 aliphatic carbocycles. The van der Waals surface area contributed by atoms with E-state index >= 15 is 0 Å². The summed E-state index contributed by atoms with van der Waals surface area (Å²) in [6, 6.07) is 0. The molecule has 1 unspecified atom stereocenters. The van der Waals surface area contributed by atoms with E-state index in [2.05, 4.69) is 20.8 Å². The van der Waals surface area contributed by atoms with Gasteiger partial charge in [-0.05, 0) is 29.8 Å². The number of aliphatic hydroxyl groups is 1. The zero-order valence-electron chi connectivity index (χ0n) is 11.5. The number of hydrogen-bond donors (Lipinski definition) is 2. The summed E-state index contributed by atoms with van der Waals surface area (Å²) < 4.78 is 1.78. The van der Waals surface area contributed by atoms with Gasteiger partial charge in [0.15, 0.2) is 0 Å². The lowest BCUT2D eigenvalue weighted by Crippen LogP contribution is -2.18. The van der Waals surface area contributed by atoms with Crippen LogP contribution in [0.5, 0.6) is 0 Å². The van der Waals surface area contributed by atoms with Gasteiger partial charge in [-0.2, -0.15) is 0 Å². The lowest BCUT2D eigenvalue weighted by Gasteiger charge is -2.14. The standard InChI is InChI=1S/C12H23N5OS/c1-13-6-7-17-12(14-15-16-17)19-9-11(18)8-10-4-2-3-5-10/h10-11,13,18H,2-9H2,1H3. The van der Waals surface area contributed by atoms with Crippen LogP contribution in [0.3, 0.4) is 0 Å². The second kappa shape index (κ2) is 7.81. The monoisotopic (exact) mass is 285 g/mol. The van der Waals surface area contributed by atoms with Gasteiger partial charge in [-0.3, -0.25) is 0 Å². The van der Waals surface area contributed by atoms with Gasteiger partial charge in [-0.1, -0.05) is 37.4 Å². The second-order valence-electron chi connectivity index (χ2n) is 5.14. The van der Waals surface area contributed by atoms with E-state index in [1.54, 1.807) is 16.4 Å². The molecule has 19 heavy (non-hydrogen) atoms. The van der Waals surface area contributed by atoms with Crippen LogP contribution in [0, 0.1) is 5.92 Å². The zero-order chi connectivity index (χ0) is 13.5. The number of nitrogens with zero attached hydrogens (tertiary/aromatic N) is 4. The van der Waals surface area contributed by atoms with Crippen molar-refractivity contribution in [3.8, 4) is 0 Å². The van der Waals surface area contributed by atoms with Crippen molar-refractivity contribution in [2.24, 2.45) is 5.92 Å². The van der Waals surface area contributed by atoms with E-state index in [1.807, 2.05) is 7.05 Å². The van der Waals surface area contributed by atoms with Crippen LogP contribution in [0.25, 0.3) is 0 Å². The fourth-order valence-corrected chi connectivity index (χ4v) is 3.38. The molecule has 1 aromatic heterocycles. The van der Waals surface area contributed by atoms with E-state index in [-0.39, 0.29) is 6.10 Å². The quantitative estimate of drug-likeness (QED) is 0.692. The van der Waals surface area contributed by atoms with E-state index in [4.69, 9.17) is 0 Å². The van der Waals surface area contributed by atoms with Crippen molar-refractivity contribution >= 4 is 11.8 Å². The van der Waals surface area contributed by atoms with Crippen LogP contribution in [-0.2, 0) is 6.54 Å². The lowest BCUT2D eigenvalue weighted by atomic mass is 10.0. The predicted molar refractivity (Wildman–Crippen MR) is 75.0 cm³/mol. The number of hydrogen-bond acceptors (Lipinski definition) is 6. The Kier molecular flexibility index (Phi) is 6.06. The highest BCUT2D eigenvalue weighted by atomic mass is 32.2. The summed E-state index contributed by atoms with van der Waals surface area (Å²) in [5, 5.41) is 25.6. The summed E-state index contributed by atoms with van der Waals surface area (Å²) in [5.41, 5.74) is 0. The molecular weight excluding hydrogens is 262 g/mol. The molecule has 0 aliphatic heterocycles. The van der Waals surface area contributed by atoms with Crippen molar-refractivity contribution < 1.29 is 5.11 Å². The van der Waals surface area contributed by atoms with Crippen LogP contribution in [-0.4, -0.2) is 50.8 Å². The maximum atomic E-state index is 10.1. The van der Waals surface area contributed by atoms with Gasteiger partial charge in [0.25, 0.3) is 0 Å². The Morgan fingerprint density at radius 1 is 1.47 bits per heavy atom.